The lowest BCUT2D eigenvalue weighted by molar-refractivity contribution is -0.136. The third-order valence-corrected chi connectivity index (χ3v) is 7.06. The summed E-state index contributed by atoms with van der Waals surface area (Å²) < 4.78 is 28.6. The molecule has 0 saturated carbocycles. The van der Waals surface area contributed by atoms with Gasteiger partial charge in [-0.15, -0.1) is 0 Å². The third-order valence-electron chi connectivity index (χ3n) is 5.31. The van der Waals surface area contributed by atoms with E-state index in [0.717, 1.165) is 5.56 Å². The summed E-state index contributed by atoms with van der Waals surface area (Å²) in [6.07, 6.45) is 0.394. The van der Waals surface area contributed by atoms with Crippen molar-refractivity contribution in [3.63, 3.8) is 0 Å². The van der Waals surface area contributed by atoms with Crippen LogP contribution in [0.1, 0.15) is 74.4 Å². The number of nitrogens with zero attached hydrogens (tertiary/aromatic N) is 1. The molecule has 1 aliphatic heterocycles. The fraction of sp³-hybridized carbons (Fsp3) is 0.619. The molecule has 1 heterocycles. The van der Waals surface area contributed by atoms with Gasteiger partial charge in [-0.1, -0.05) is 33.8 Å². The van der Waals surface area contributed by atoms with Gasteiger partial charge in [-0.3, -0.25) is 4.79 Å². The van der Waals surface area contributed by atoms with Crippen molar-refractivity contribution in [2.75, 3.05) is 24.7 Å². The van der Waals surface area contributed by atoms with Crippen molar-refractivity contribution in [3.8, 4) is 5.75 Å². The Kier molecular flexibility index (Phi) is 7.32. The predicted molar refractivity (Wildman–Crippen MR) is 111 cm³/mol. The van der Waals surface area contributed by atoms with E-state index >= 15 is 0 Å². The zero-order chi connectivity index (χ0) is 21.9. The molecule has 162 valence electrons. The number of sulfone groups is 1. The van der Waals surface area contributed by atoms with Crippen LogP contribution < -0.4 is 0 Å². The number of esters is 1. The van der Waals surface area contributed by atoms with Gasteiger partial charge in [0, 0.05) is 12.6 Å². The molecule has 7 nitrogen and oxygen atoms in total. The second-order valence-corrected chi connectivity index (χ2v) is 10.4. The quantitative estimate of drug-likeness (QED) is 0.674. The molecule has 2 rings (SSSR count). The van der Waals surface area contributed by atoms with Gasteiger partial charge >= 0.3 is 5.97 Å². The molecule has 1 aromatic carbocycles. The minimum atomic E-state index is -3.12. The summed E-state index contributed by atoms with van der Waals surface area (Å²) in [7, 11) is -3.12. The highest BCUT2D eigenvalue weighted by atomic mass is 32.2. The van der Waals surface area contributed by atoms with Crippen molar-refractivity contribution < 1.29 is 27.9 Å². The smallest absolute Gasteiger partial charge is 0.342 e. The van der Waals surface area contributed by atoms with Crippen molar-refractivity contribution >= 4 is 21.7 Å². The van der Waals surface area contributed by atoms with E-state index in [1.54, 1.807) is 13.0 Å². The van der Waals surface area contributed by atoms with Crippen molar-refractivity contribution in [3.05, 3.63) is 28.8 Å². The van der Waals surface area contributed by atoms with E-state index in [1.165, 1.54) is 4.90 Å². The molecule has 0 aliphatic carbocycles. The number of carbonyl (C=O) groups excluding carboxylic acids is 2. The Morgan fingerprint density at radius 1 is 1.21 bits per heavy atom. The molecule has 0 bridgehead atoms. The van der Waals surface area contributed by atoms with Crippen molar-refractivity contribution in [1.29, 1.82) is 0 Å². The van der Waals surface area contributed by atoms with Crippen LogP contribution in [0.25, 0.3) is 0 Å². The monoisotopic (exact) mass is 425 g/mol. The standard InChI is InChI=1S/C21H31NO6S/c1-6-22(16-7-8-29(26,27)12-16)19(23)11-28-21(25)18-10-15(13(2)3)9-17(14(4)5)20(18)24/h9-10,13-14,16,24H,6-8,11-12H2,1-5H3. The number of ether oxygens (including phenoxy) is 1. The number of aromatic hydroxyl groups is 1. The summed E-state index contributed by atoms with van der Waals surface area (Å²) in [6, 6.07) is 3.09. The Hall–Kier alpha value is -2.09. The number of amides is 1. The number of likely N-dealkylation sites (N-methyl/N-ethyl adjacent to an activating group) is 1. The van der Waals surface area contributed by atoms with Gasteiger partial charge in [0.2, 0.25) is 0 Å². The molecular weight excluding hydrogens is 394 g/mol. The van der Waals surface area contributed by atoms with Gasteiger partial charge in [0.15, 0.2) is 16.4 Å². The molecule has 1 aromatic rings. The average molecular weight is 426 g/mol. The number of phenolic OH excluding ortho intramolecular Hbond substituents is 1. The van der Waals surface area contributed by atoms with Gasteiger partial charge in [-0.25, -0.2) is 13.2 Å². The molecule has 1 fully saturated rings. The van der Waals surface area contributed by atoms with Crippen molar-refractivity contribution in [2.45, 2.75) is 58.9 Å². The van der Waals surface area contributed by atoms with E-state index < -0.39 is 28.3 Å². The molecule has 0 aromatic heterocycles. The Labute approximate surface area is 173 Å². The lowest BCUT2D eigenvalue weighted by Crippen LogP contribution is -2.43. The van der Waals surface area contributed by atoms with Gasteiger partial charge in [-0.05, 0) is 42.4 Å². The van der Waals surface area contributed by atoms with E-state index in [2.05, 4.69) is 0 Å². The zero-order valence-electron chi connectivity index (χ0n) is 17.8. The summed E-state index contributed by atoms with van der Waals surface area (Å²) in [5, 5.41) is 10.5. The molecule has 0 radical (unpaired) electrons. The lowest BCUT2D eigenvalue weighted by atomic mass is 9.92. The van der Waals surface area contributed by atoms with E-state index in [9.17, 15) is 23.1 Å². The fourth-order valence-corrected chi connectivity index (χ4v) is 5.29. The summed E-state index contributed by atoms with van der Waals surface area (Å²) in [5.41, 5.74) is 1.59. The first-order valence-electron chi connectivity index (χ1n) is 10.0. The highest BCUT2D eigenvalue weighted by Crippen LogP contribution is 2.33. The van der Waals surface area contributed by atoms with Crippen LogP contribution in [0.4, 0.5) is 0 Å². The second kappa shape index (κ2) is 9.15. The van der Waals surface area contributed by atoms with E-state index in [-0.39, 0.29) is 40.7 Å². The Bertz CT molecular complexity index is 875. The van der Waals surface area contributed by atoms with Crippen LogP contribution >= 0.6 is 0 Å². The topological polar surface area (TPSA) is 101 Å². The lowest BCUT2D eigenvalue weighted by Gasteiger charge is -2.26. The second-order valence-electron chi connectivity index (χ2n) is 8.13. The van der Waals surface area contributed by atoms with Crippen LogP contribution in [0.5, 0.6) is 5.75 Å². The summed E-state index contributed by atoms with van der Waals surface area (Å²) in [6.45, 7) is 9.43. The molecule has 1 amide bonds. The maximum absolute atomic E-state index is 12.6. The predicted octanol–water partition coefficient (Wildman–Crippen LogP) is 2.83. The van der Waals surface area contributed by atoms with Crippen LogP contribution in [-0.4, -0.2) is 61.0 Å². The average Bonchev–Trinajstić information content (AvgIpc) is 2.99. The minimum absolute atomic E-state index is 0.0155. The summed E-state index contributed by atoms with van der Waals surface area (Å²) in [4.78, 5) is 26.6. The molecule has 1 unspecified atom stereocenters. The maximum Gasteiger partial charge on any atom is 0.342 e. The van der Waals surface area contributed by atoms with Crippen LogP contribution in [0.2, 0.25) is 0 Å². The first kappa shape index (κ1) is 23.2. The number of hydrogen-bond donors (Lipinski definition) is 1. The van der Waals surface area contributed by atoms with Crippen molar-refractivity contribution in [2.24, 2.45) is 0 Å². The highest BCUT2D eigenvalue weighted by molar-refractivity contribution is 7.91. The molecule has 1 N–H and O–H groups in total. The molecule has 1 atom stereocenters. The van der Waals surface area contributed by atoms with Gasteiger partial charge in [0.05, 0.1) is 11.5 Å². The first-order valence-corrected chi connectivity index (χ1v) is 11.8. The zero-order valence-corrected chi connectivity index (χ0v) is 18.6. The van der Waals surface area contributed by atoms with Gasteiger partial charge in [-0.2, -0.15) is 0 Å². The molecule has 29 heavy (non-hydrogen) atoms. The largest absolute Gasteiger partial charge is 0.507 e. The molecule has 1 saturated heterocycles. The normalized spacial score (nSPS) is 18.2. The van der Waals surface area contributed by atoms with Crippen molar-refractivity contribution in [1.82, 2.24) is 4.90 Å². The molecule has 8 heteroatoms. The Morgan fingerprint density at radius 2 is 1.86 bits per heavy atom. The molecule has 1 aliphatic rings. The first-order chi connectivity index (χ1) is 13.5. The van der Waals surface area contributed by atoms with Crippen LogP contribution in [0.3, 0.4) is 0 Å². The van der Waals surface area contributed by atoms with E-state index in [0.29, 0.717) is 18.5 Å². The summed E-state index contributed by atoms with van der Waals surface area (Å²) in [5.74, 6) is -1.16. The van der Waals surface area contributed by atoms with E-state index in [1.807, 2.05) is 33.8 Å². The van der Waals surface area contributed by atoms with Crippen LogP contribution in [0, 0.1) is 0 Å². The summed E-state index contributed by atoms with van der Waals surface area (Å²) >= 11 is 0. The number of benzene rings is 1. The number of hydrogen-bond acceptors (Lipinski definition) is 6. The minimum Gasteiger partial charge on any atom is -0.507 e. The SMILES string of the molecule is CCN(C(=O)COC(=O)c1cc(C(C)C)cc(C(C)C)c1O)C1CCS(=O)(=O)C1. The van der Waals surface area contributed by atoms with Gasteiger partial charge in [0.1, 0.15) is 11.3 Å². The van der Waals surface area contributed by atoms with Gasteiger partial charge in [0.25, 0.3) is 5.91 Å². The maximum atomic E-state index is 12.6. The van der Waals surface area contributed by atoms with E-state index in [4.69, 9.17) is 4.74 Å². The highest BCUT2D eigenvalue weighted by Gasteiger charge is 2.34. The number of phenols is 1. The fourth-order valence-electron chi connectivity index (χ4n) is 3.56. The molecule has 0 spiro atoms. The van der Waals surface area contributed by atoms with Crippen LogP contribution in [-0.2, 0) is 19.4 Å². The van der Waals surface area contributed by atoms with Crippen LogP contribution in [0.15, 0.2) is 12.1 Å². The Balaban J connectivity index is 2.15. The third kappa shape index (κ3) is 5.50. The number of carbonyl (C=O) groups is 2. The van der Waals surface area contributed by atoms with Gasteiger partial charge < -0.3 is 14.7 Å². The number of rotatable bonds is 7. The Morgan fingerprint density at radius 3 is 2.34 bits per heavy atom. The molecular formula is C21H31NO6S.